The SMILES string of the molecule is CCCCC(C)C(C)[C@@H](CC(=O)O)NC(=O)[C@@H](N)C(C)C. The van der Waals surface area contributed by atoms with E-state index in [1.807, 2.05) is 20.8 Å². The van der Waals surface area contributed by atoms with Crippen LogP contribution in [0.15, 0.2) is 0 Å². The lowest BCUT2D eigenvalue weighted by molar-refractivity contribution is -0.138. The van der Waals surface area contributed by atoms with Crippen LogP contribution in [-0.2, 0) is 9.59 Å². The Kier molecular flexibility index (Phi) is 9.26. The number of unbranched alkanes of at least 4 members (excludes halogenated alkanes) is 1. The summed E-state index contributed by atoms with van der Waals surface area (Å²) in [5, 5.41) is 11.9. The van der Waals surface area contributed by atoms with Crippen LogP contribution >= 0.6 is 0 Å². The molecule has 5 heteroatoms. The minimum absolute atomic E-state index is 0.0308. The zero-order valence-electron chi connectivity index (χ0n) is 14.1. The third kappa shape index (κ3) is 7.46. The molecular weight excluding hydrogens is 268 g/mol. The van der Waals surface area contributed by atoms with Crippen molar-refractivity contribution in [3.8, 4) is 0 Å². The van der Waals surface area contributed by atoms with Crippen molar-refractivity contribution in [3.63, 3.8) is 0 Å². The van der Waals surface area contributed by atoms with Gasteiger partial charge in [0.05, 0.1) is 12.5 Å². The number of nitrogens with one attached hydrogen (secondary N) is 1. The smallest absolute Gasteiger partial charge is 0.305 e. The molecule has 0 fully saturated rings. The zero-order chi connectivity index (χ0) is 16.6. The van der Waals surface area contributed by atoms with Crippen LogP contribution in [0.1, 0.15) is 60.3 Å². The van der Waals surface area contributed by atoms with E-state index in [-0.39, 0.29) is 30.2 Å². The molecule has 0 aliphatic carbocycles. The number of carboxylic acids is 1. The molecule has 4 N–H and O–H groups in total. The molecule has 1 amide bonds. The predicted octanol–water partition coefficient (Wildman–Crippen LogP) is 2.39. The van der Waals surface area contributed by atoms with Gasteiger partial charge < -0.3 is 16.2 Å². The van der Waals surface area contributed by atoms with E-state index < -0.39 is 12.0 Å². The fourth-order valence-electron chi connectivity index (χ4n) is 2.32. The number of aliphatic carboxylic acids is 1. The first-order valence-corrected chi connectivity index (χ1v) is 7.98. The number of carbonyl (C=O) groups excluding carboxylic acids is 1. The first-order valence-electron chi connectivity index (χ1n) is 7.98. The lowest BCUT2D eigenvalue weighted by atomic mass is 9.84. The lowest BCUT2D eigenvalue weighted by Crippen LogP contribution is -2.51. The van der Waals surface area contributed by atoms with Gasteiger partial charge in [0.25, 0.3) is 0 Å². The molecule has 0 aromatic heterocycles. The average molecular weight is 300 g/mol. The average Bonchev–Trinajstić information content (AvgIpc) is 2.41. The summed E-state index contributed by atoms with van der Waals surface area (Å²) >= 11 is 0. The van der Waals surface area contributed by atoms with Gasteiger partial charge >= 0.3 is 5.97 Å². The molecular formula is C16H32N2O3. The zero-order valence-corrected chi connectivity index (χ0v) is 14.1. The van der Waals surface area contributed by atoms with E-state index in [0.717, 1.165) is 19.3 Å². The van der Waals surface area contributed by atoms with E-state index in [0.29, 0.717) is 5.92 Å². The number of nitrogens with two attached hydrogens (primary N) is 1. The summed E-state index contributed by atoms with van der Waals surface area (Å²) < 4.78 is 0. The summed E-state index contributed by atoms with van der Waals surface area (Å²) in [4.78, 5) is 23.1. The molecule has 0 aromatic rings. The maximum absolute atomic E-state index is 12.1. The third-order valence-electron chi connectivity index (χ3n) is 4.29. The second-order valence-corrected chi connectivity index (χ2v) is 6.46. The number of carboxylic acid groups (broad SMARTS) is 1. The molecule has 0 aliphatic heterocycles. The first-order chi connectivity index (χ1) is 9.70. The molecule has 0 saturated heterocycles. The lowest BCUT2D eigenvalue weighted by Gasteiger charge is -2.30. The van der Waals surface area contributed by atoms with Gasteiger partial charge in [0.2, 0.25) is 5.91 Å². The fourth-order valence-corrected chi connectivity index (χ4v) is 2.32. The highest BCUT2D eigenvalue weighted by Gasteiger charge is 2.28. The molecule has 0 radical (unpaired) electrons. The quantitative estimate of drug-likeness (QED) is 0.577. The van der Waals surface area contributed by atoms with Crippen LogP contribution in [0.3, 0.4) is 0 Å². The van der Waals surface area contributed by atoms with E-state index in [4.69, 9.17) is 10.8 Å². The monoisotopic (exact) mass is 300 g/mol. The number of hydrogen-bond acceptors (Lipinski definition) is 3. The van der Waals surface area contributed by atoms with E-state index >= 15 is 0 Å². The van der Waals surface area contributed by atoms with Crippen LogP contribution in [0, 0.1) is 17.8 Å². The third-order valence-corrected chi connectivity index (χ3v) is 4.29. The molecule has 0 bridgehead atoms. The number of amides is 1. The van der Waals surface area contributed by atoms with Crippen LogP contribution in [0.25, 0.3) is 0 Å². The summed E-state index contributed by atoms with van der Waals surface area (Å²) in [6, 6.07) is -0.967. The summed E-state index contributed by atoms with van der Waals surface area (Å²) in [6.07, 6.45) is 3.21. The molecule has 4 atom stereocenters. The van der Waals surface area contributed by atoms with Crippen molar-refractivity contribution >= 4 is 11.9 Å². The largest absolute Gasteiger partial charge is 0.481 e. The van der Waals surface area contributed by atoms with Crippen molar-refractivity contribution in [2.24, 2.45) is 23.5 Å². The number of carbonyl (C=O) groups is 2. The topological polar surface area (TPSA) is 92.4 Å². The second kappa shape index (κ2) is 9.77. The van der Waals surface area contributed by atoms with Gasteiger partial charge in [-0.05, 0) is 17.8 Å². The van der Waals surface area contributed by atoms with Crippen LogP contribution in [0.4, 0.5) is 0 Å². The normalized spacial score (nSPS) is 17.1. The molecule has 124 valence electrons. The van der Waals surface area contributed by atoms with Crippen molar-refractivity contribution in [1.82, 2.24) is 5.32 Å². The van der Waals surface area contributed by atoms with Crippen LogP contribution < -0.4 is 11.1 Å². The van der Waals surface area contributed by atoms with Gasteiger partial charge in [-0.1, -0.05) is 53.9 Å². The maximum atomic E-state index is 12.1. The summed E-state index contributed by atoms with van der Waals surface area (Å²) in [6.45, 7) is 10.0. The standard InChI is InChI=1S/C16H32N2O3/c1-6-7-8-11(4)12(5)13(9-14(19)20)18-16(21)15(17)10(2)3/h10-13,15H,6-9,17H2,1-5H3,(H,18,21)(H,19,20)/t11?,12?,13-,15+/m1/s1. The van der Waals surface area contributed by atoms with Gasteiger partial charge in [-0.3, -0.25) is 9.59 Å². The van der Waals surface area contributed by atoms with Crippen LogP contribution in [0.5, 0.6) is 0 Å². The number of rotatable bonds is 10. The van der Waals surface area contributed by atoms with Gasteiger partial charge in [-0.2, -0.15) is 0 Å². The Labute approximate surface area is 128 Å². The Morgan fingerprint density at radius 1 is 1.19 bits per heavy atom. The Hall–Kier alpha value is -1.10. The number of hydrogen-bond donors (Lipinski definition) is 3. The predicted molar refractivity (Wildman–Crippen MR) is 84.8 cm³/mol. The minimum atomic E-state index is -0.895. The molecule has 0 rings (SSSR count). The van der Waals surface area contributed by atoms with Crippen LogP contribution in [-0.4, -0.2) is 29.1 Å². The molecule has 0 aromatic carbocycles. The molecule has 5 nitrogen and oxygen atoms in total. The molecule has 2 unspecified atom stereocenters. The van der Waals surface area contributed by atoms with E-state index in [9.17, 15) is 9.59 Å². The highest BCUT2D eigenvalue weighted by Crippen LogP contribution is 2.23. The highest BCUT2D eigenvalue weighted by molar-refractivity contribution is 5.82. The Morgan fingerprint density at radius 3 is 2.19 bits per heavy atom. The summed E-state index contributed by atoms with van der Waals surface area (Å²) in [5.74, 6) is -0.650. The van der Waals surface area contributed by atoms with Gasteiger partial charge in [-0.15, -0.1) is 0 Å². The van der Waals surface area contributed by atoms with Crippen molar-refractivity contribution in [2.45, 2.75) is 72.4 Å². The molecule has 21 heavy (non-hydrogen) atoms. The molecule has 0 spiro atoms. The van der Waals surface area contributed by atoms with Crippen LogP contribution in [0.2, 0.25) is 0 Å². The molecule has 0 saturated carbocycles. The Morgan fingerprint density at radius 2 is 1.76 bits per heavy atom. The molecule has 0 aliphatic rings. The van der Waals surface area contributed by atoms with E-state index in [2.05, 4.69) is 19.2 Å². The molecule has 0 heterocycles. The second-order valence-electron chi connectivity index (χ2n) is 6.46. The highest BCUT2D eigenvalue weighted by atomic mass is 16.4. The van der Waals surface area contributed by atoms with Crippen molar-refractivity contribution in [3.05, 3.63) is 0 Å². The van der Waals surface area contributed by atoms with Gasteiger partial charge in [-0.25, -0.2) is 0 Å². The van der Waals surface area contributed by atoms with Crippen molar-refractivity contribution < 1.29 is 14.7 Å². The summed E-state index contributed by atoms with van der Waals surface area (Å²) in [5.41, 5.74) is 5.84. The Bertz CT molecular complexity index is 331. The minimum Gasteiger partial charge on any atom is -0.481 e. The van der Waals surface area contributed by atoms with Crippen molar-refractivity contribution in [2.75, 3.05) is 0 Å². The Balaban J connectivity index is 4.78. The van der Waals surface area contributed by atoms with Gasteiger partial charge in [0, 0.05) is 6.04 Å². The first kappa shape index (κ1) is 19.9. The maximum Gasteiger partial charge on any atom is 0.305 e. The van der Waals surface area contributed by atoms with Gasteiger partial charge in [0.15, 0.2) is 0 Å². The van der Waals surface area contributed by atoms with Crippen molar-refractivity contribution in [1.29, 1.82) is 0 Å². The summed E-state index contributed by atoms with van der Waals surface area (Å²) in [7, 11) is 0. The fraction of sp³-hybridized carbons (Fsp3) is 0.875. The van der Waals surface area contributed by atoms with E-state index in [1.54, 1.807) is 0 Å². The van der Waals surface area contributed by atoms with E-state index in [1.165, 1.54) is 0 Å². The van der Waals surface area contributed by atoms with Gasteiger partial charge in [0.1, 0.15) is 0 Å².